The van der Waals surface area contributed by atoms with E-state index in [2.05, 4.69) is 20.9 Å². The summed E-state index contributed by atoms with van der Waals surface area (Å²) in [6.07, 6.45) is -0.923. The number of hydrogen-bond acceptors (Lipinski definition) is 9. The van der Waals surface area contributed by atoms with Gasteiger partial charge in [-0.15, -0.1) is 0 Å². The third-order valence-electron chi connectivity index (χ3n) is 7.92. The van der Waals surface area contributed by atoms with Gasteiger partial charge in [-0.1, -0.05) is 71.0 Å². The number of carbonyl (C=O) groups is 3. The van der Waals surface area contributed by atoms with Crippen LogP contribution >= 0.6 is 7.60 Å². The van der Waals surface area contributed by atoms with E-state index in [9.17, 15) is 28.5 Å². The summed E-state index contributed by atoms with van der Waals surface area (Å²) in [5.41, 5.74) is -3.48. The molecular weight excluding hydrogens is 667 g/mol. The van der Waals surface area contributed by atoms with E-state index in [1.165, 1.54) is 4.90 Å². The summed E-state index contributed by atoms with van der Waals surface area (Å²) in [6.45, 7) is 13.6. The highest BCUT2D eigenvalue weighted by Gasteiger charge is 2.49. The highest BCUT2D eigenvalue weighted by molar-refractivity contribution is 7.55. The Labute approximate surface area is 290 Å². The SMILES string of the molecule is CC(C)C(NC(=O)[C@@H]1C[C@H](n2[nH][nH]c(=O)c2=O)CN1C(=O)[C@@H](NC(=O)OC(C)(C)C)C(C)(C)C)P(=O)(Oc1ccccc1)Oc1ccccc1. The first-order chi connectivity index (χ1) is 23.3. The summed E-state index contributed by atoms with van der Waals surface area (Å²) in [4.78, 5) is 67.6. The lowest BCUT2D eigenvalue weighted by Crippen LogP contribution is -2.59. The van der Waals surface area contributed by atoms with Gasteiger partial charge in [-0.2, -0.15) is 0 Å². The van der Waals surface area contributed by atoms with Crippen LogP contribution in [0, 0.1) is 11.3 Å². The van der Waals surface area contributed by atoms with Crippen LogP contribution in [0.5, 0.6) is 11.5 Å². The van der Waals surface area contributed by atoms with Gasteiger partial charge in [0.15, 0.2) is 5.78 Å². The second kappa shape index (κ2) is 15.0. The molecule has 1 unspecified atom stereocenters. The molecule has 50 heavy (non-hydrogen) atoms. The molecule has 1 saturated heterocycles. The molecule has 3 aromatic rings. The van der Waals surface area contributed by atoms with Gasteiger partial charge < -0.3 is 29.3 Å². The lowest BCUT2D eigenvalue weighted by molar-refractivity contribution is -0.142. The van der Waals surface area contributed by atoms with Crippen LogP contribution in [-0.2, 0) is 18.9 Å². The number of carbonyl (C=O) groups excluding carboxylic acids is 3. The van der Waals surface area contributed by atoms with E-state index in [-0.39, 0.29) is 24.5 Å². The summed E-state index contributed by atoms with van der Waals surface area (Å²) in [5, 5.41) is 10.2. The average Bonchev–Trinajstić information content (AvgIpc) is 3.60. The number of amides is 3. The molecule has 4 N–H and O–H groups in total. The van der Waals surface area contributed by atoms with Crippen molar-refractivity contribution in [3.8, 4) is 11.5 Å². The fourth-order valence-electron chi connectivity index (χ4n) is 5.56. The summed E-state index contributed by atoms with van der Waals surface area (Å²) < 4.78 is 33.3. The molecule has 1 aliphatic rings. The molecule has 4 atom stereocenters. The second-order valence-electron chi connectivity index (χ2n) is 14.6. The topological polar surface area (TPSA) is 194 Å². The summed E-state index contributed by atoms with van der Waals surface area (Å²) >= 11 is 0. The maximum absolute atomic E-state index is 14.8. The molecule has 2 heterocycles. The van der Waals surface area contributed by atoms with Crippen molar-refractivity contribution in [1.82, 2.24) is 30.5 Å². The van der Waals surface area contributed by atoms with Gasteiger partial charge in [0.1, 0.15) is 29.2 Å². The van der Waals surface area contributed by atoms with Crippen LogP contribution in [0.3, 0.4) is 0 Å². The molecule has 1 aliphatic heterocycles. The molecule has 4 rings (SSSR count). The smallest absolute Gasteiger partial charge is 0.444 e. The maximum Gasteiger partial charge on any atom is 0.453 e. The third-order valence-corrected chi connectivity index (χ3v) is 10.3. The monoisotopic (exact) mass is 714 g/mol. The summed E-state index contributed by atoms with van der Waals surface area (Å²) in [6, 6.07) is 13.6. The number of benzene rings is 2. The second-order valence-corrected chi connectivity index (χ2v) is 16.6. The molecule has 272 valence electrons. The minimum atomic E-state index is -4.25. The zero-order valence-electron chi connectivity index (χ0n) is 29.6. The Balaban J connectivity index is 1.72. The van der Waals surface area contributed by atoms with Crippen LogP contribution in [0.25, 0.3) is 0 Å². The molecule has 2 aromatic carbocycles. The van der Waals surface area contributed by atoms with Gasteiger partial charge in [-0.25, -0.2) is 24.4 Å². The van der Waals surface area contributed by atoms with E-state index in [1.54, 1.807) is 116 Å². The van der Waals surface area contributed by atoms with Crippen LogP contribution < -0.4 is 30.8 Å². The van der Waals surface area contributed by atoms with Gasteiger partial charge in [-0.3, -0.25) is 19.2 Å². The molecule has 3 amide bonds. The fraction of sp³-hybridized carbons (Fsp3) is 0.500. The molecule has 15 nitrogen and oxygen atoms in total. The quantitative estimate of drug-likeness (QED) is 0.165. The Morgan fingerprint density at radius 1 is 0.880 bits per heavy atom. The minimum absolute atomic E-state index is 0.0945. The molecule has 0 spiro atoms. The Bertz CT molecular complexity index is 1760. The molecule has 0 radical (unpaired) electrons. The number of para-hydroxylation sites is 2. The van der Waals surface area contributed by atoms with Crippen molar-refractivity contribution >= 4 is 25.5 Å². The van der Waals surface area contributed by atoms with E-state index in [4.69, 9.17) is 13.8 Å². The number of aromatic nitrogens is 3. The van der Waals surface area contributed by atoms with Crippen molar-refractivity contribution in [3.63, 3.8) is 0 Å². The van der Waals surface area contributed by atoms with Crippen LogP contribution in [0.4, 0.5) is 4.79 Å². The number of aromatic amines is 2. The van der Waals surface area contributed by atoms with Crippen molar-refractivity contribution < 1.29 is 32.7 Å². The molecule has 0 saturated carbocycles. The Morgan fingerprint density at radius 3 is 1.86 bits per heavy atom. The Morgan fingerprint density at radius 2 is 1.42 bits per heavy atom. The van der Waals surface area contributed by atoms with Crippen LogP contribution in [-0.4, -0.2) is 67.8 Å². The van der Waals surface area contributed by atoms with Crippen molar-refractivity contribution in [2.75, 3.05) is 6.54 Å². The lowest BCUT2D eigenvalue weighted by atomic mass is 9.85. The molecular formula is C34H47N6O9P. The van der Waals surface area contributed by atoms with Crippen molar-refractivity contribution in [2.24, 2.45) is 11.3 Å². The lowest BCUT2D eigenvalue weighted by Gasteiger charge is -2.36. The van der Waals surface area contributed by atoms with E-state index in [0.717, 1.165) is 4.68 Å². The van der Waals surface area contributed by atoms with Crippen LogP contribution in [0.15, 0.2) is 70.3 Å². The minimum Gasteiger partial charge on any atom is -0.444 e. The first kappa shape index (κ1) is 38.0. The molecule has 0 bridgehead atoms. The van der Waals surface area contributed by atoms with Gasteiger partial charge >= 0.3 is 24.8 Å². The number of nitrogens with zero attached hydrogens (tertiary/aromatic N) is 2. The van der Waals surface area contributed by atoms with Gasteiger partial charge in [0.25, 0.3) is 0 Å². The predicted molar refractivity (Wildman–Crippen MR) is 186 cm³/mol. The van der Waals surface area contributed by atoms with Crippen molar-refractivity contribution in [1.29, 1.82) is 0 Å². The van der Waals surface area contributed by atoms with Crippen LogP contribution in [0.2, 0.25) is 0 Å². The van der Waals surface area contributed by atoms with Crippen molar-refractivity contribution in [3.05, 3.63) is 81.4 Å². The number of H-pyrrole nitrogens is 2. The molecule has 16 heteroatoms. The zero-order valence-corrected chi connectivity index (χ0v) is 30.5. The fourth-order valence-corrected chi connectivity index (χ4v) is 7.67. The first-order valence-electron chi connectivity index (χ1n) is 16.4. The molecule has 1 aromatic heterocycles. The van der Waals surface area contributed by atoms with Crippen molar-refractivity contribution in [2.45, 2.75) is 91.3 Å². The number of likely N-dealkylation sites (tertiary alicyclic amines) is 1. The predicted octanol–water partition coefficient (Wildman–Crippen LogP) is 4.40. The highest BCUT2D eigenvalue weighted by Crippen LogP contribution is 2.54. The largest absolute Gasteiger partial charge is 0.453 e. The number of alkyl carbamates (subject to hydrolysis) is 1. The number of rotatable bonds is 11. The number of ether oxygens (including phenoxy) is 1. The average molecular weight is 715 g/mol. The van der Waals surface area contributed by atoms with E-state index >= 15 is 0 Å². The maximum atomic E-state index is 14.8. The normalized spacial score (nSPS) is 17.9. The Hall–Kier alpha value is -4.78. The number of nitrogens with one attached hydrogen (secondary N) is 4. The molecule has 1 fully saturated rings. The van der Waals surface area contributed by atoms with E-state index in [1.807, 2.05) is 0 Å². The standard InChI is InChI=1S/C34H47N6O9P/c1-21(2)29(50(46,48-23-15-11-9-12-16-23)49-24-17-13-10-14-18-24)36-27(41)25-19-22(40-31(44)28(42)37-38-40)20-39(25)30(43)26(33(3,4)5)35-32(45)47-34(6,7)8/h9-18,21-22,25-26,29,38H,19-20H2,1-8H3,(H,35,45)(H,36,41)(H,37,42)/t22-,25-,26+,29?/m0/s1. The Kier molecular flexibility index (Phi) is 11.4. The van der Waals surface area contributed by atoms with Gasteiger partial charge in [0.05, 0.1) is 6.04 Å². The van der Waals surface area contributed by atoms with Crippen LogP contribution in [0.1, 0.15) is 67.9 Å². The van der Waals surface area contributed by atoms with Gasteiger partial charge in [0.2, 0.25) is 11.8 Å². The van der Waals surface area contributed by atoms with E-state index < -0.39 is 77.5 Å². The van der Waals surface area contributed by atoms with E-state index in [0.29, 0.717) is 0 Å². The highest BCUT2D eigenvalue weighted by atomic mass is 31.2. The molecule has 0 aliphatic carbocycles. The zero-order chi connectivity index (χ0) is 37.0. The van der Waals surface area contributed by atoms with Gasteiger partial charge in [0, 0.05) is 13.0 Å². The summed E-state index contributed by atoms with van der Waals surface area (Å²) in [7, 11) is -4.25. The number of hydrogen-bond donors (Lipinski definition) is 4. The third kappa shape index (κ3) is 9.26. The van der Waals surface area contributed by atoms with Gasteiger partial charge in [-0.05, 0) is 56.4 Å². The summed E-state index contributed by atoms with van der Waals surface area (Å²) in [5.74, 6) is -2.54. The first-order valence-corrected chi connectivity index (χ1v) is 18.0.